The molecule has 0 radical (unpaired) electrons. The van der Waals surface area contributed by atoms with E-state index in [4.69, 9.17) is 12.6 Å². The minimum atomic E-state index is -2.60. The van der Waals surface area contributed by atoms with Crippen molar-refractivity contribution < 1.29 is 12.6 Å². The van der Waals surface area contributed by atoms with Gasteiger partial charge in [-0.2, -0.15) is 0 Å². The van der Waals surface area contributed by atoms with Gasteiger partial charge in [0, 0.05) is 30.9 Å². The Morgan fingerprint density at radius 3 is 2.63 bits per heavy atom. The van der Waals surface area contributed by atoms with E-state index in [9.17, 15) is 0 Å². The highest BCUT2D eigenvalue weighted by Gasteiger charge is 2.15. The number of rotatable bonds is 2. The fraction of sp³-hybridized carbons (Fsp3) is 0.0833. The van der Waals surface area contributed by atoms with Crippen molar-refractivity contribution in [1.29, 1.82) is 0 Å². The first kappa shape index (κ1) is 10.6. The minimum Gasteiger partial charge on any atom is -0.435 e. The van der Waals surface area contributed by atoms with E-state index in [0.29, 0.717) is 28.2 Å². The van der Waals surface area contributed by atoms with E-state index >= 15 is 0 Å². The van der Waals surface area contributed by atoms with E-state index in [2.05, 4.69) is 9.97 Å². The van der Waals surface area contributed by atoms with Crippen molar-refractivity contribution >= 4 is 21.9 Å². The molecule has 130 valence electrons. The maximum absolute atomic E-state index is 7.87. The molecule has 0 saturated heterocycles. The second-order valence-corrected chi connectivity index (χ2v) is 6.32. The highest BCUT2D eigenvalue weighted by atomic mass is 16.3. The van der Waals surface area contributed by atoms with Crippen LogP contribution in [0.5, 0.6) is 0 Å². The van der Waals surface area contributed by atoms with Crippen molar-refractivity contribution in [3.8, 4) is 22.7 Å². The average molecular weight is 356 g/mol. The van der Waals surface area contributed by atoms with Crippen molar-refractivity contribution in [2.24, 2.45) is 0 Å². The van der Waals surface area contributed by atoms with Gasteiger partial charge >= 0.3 is 0 Å². The highest BCUT2D eigenvalue weighted by Crippen LogP contribution is 2.36. The van der Waals surface area contributed by atoms with Crippen LogP contribution in [0, 0.1) is 13.7 Å². The van der Waals surface area contributed by atoms with E-state index in [0.717, 1.165) is 22.5 Å². The normalized spacial score (nSPS) is 15.6. The first-order valence-electron chi connectivity index (χ1n) is 11.5. The smallest absolute Gasteiger partial charge is 0.227 e. The van der Waals surface area contributed by atoms with E-state index in [1.54, 1.807) is 0 Å². The van der Waals surface area contributed by atoms with Crippen LogP contribution in [-0.2, 0) is 0 Å². The lowest BCUT2D eigenvalue weighted by molar-refractivity contribution is 0.623. The largest absolute Gasteiger partial charge is 0.435 e. The molecule has 0 spiro atoms. The lowest BCUT2D eigenvalue weighted by Crippen LogP contribution is -1.90. The number of fused-ring (bicyclic) bond motifs is 3. The van der Waals surface area contributed by atoms with E-state index in [1.165, 1.54) is 6.07 Å². The van der Waals surface area contributed by atoms with Gasteiger partial charge in [-0.15, -0.1) is 0 Å². The number of aryl methyl sites for hydroxylation is 2. The van der Waals surface area contributed by atoms with Gasteiger partial charge in [-0.25, -0.2) is 4.98 Å². The number of pyridine rings is 1. The summed E-state index contributed by atoms with van der Waals surface area (Å²) in [5.74, 6) is 0.474. The number of hydrogen-bond acceptors (Lipinski definition) is 3. The summed E-state index contributed by atoms with van der Waals surface area (Å²) in [6.07, 6.45) is 1.14. The third kappa shape index (κ3) is 2.59. The molecule has 5 rings (SSSR count). The summed E-state index contributed by atoms with van der Waals surface area (Å²) in [7, 11) is 0. The monoisotopic (exact) mass is 356 g/mol. The summed E-state index contributed by atoms with van der Waals surface area (Å²) < 4.78 is 52.9. The van der Waals surface area contributed by atoms with Crippen LogP contribution in [0.3, 0.4) is 0 Å². The molecule has 5 aromatic rings. The molecule has 0 bridgehead atoms. The molecule has 0 fully saturated rings. The fourth-order valence-electron chi connectivity index (χ4n) is 3.28. The van der Waals surface area contributed by atoms with Crippen molar-refractivity contribution in [1.82, 2.24) is 9.97 Å². The van der Waals surface area contributed by atoms with Crippen molar-refractivity contribution in [2.75, 3.05) is 0 Å². The predicted molar refractivity (Wildman–Crippen MR) is 110 cm³/mol. The Hall–Kier alpha value is -3.46. The van der Waals surface area contributed by atoms with Gasteiger partial charge in [0.1, 0.15) is 5.52 Å². The van der Waals surface area contributed by atoms with Crippen LogP contribution in [0.2, 0.25) is 0 Å². The minimum absolute atomic E-state index is 0.237. The second-order valence-electron chi connectivity index (χ2n) is 6.32. The van der Waals surface area contributed by atoms with Crippen LogP contribution in [-0.4, -0.2) is 9.97 Å². The van der Waals surface area contributed by atoms with Crippen molar-refractivity contribution in [3.05, 3.63) is 84.1 Å². The molecule has 3 aromatic carbocycles. The molecule has 0 unspecified atom stereocenters. The van der Waals surface area contributed by atoms with E-state index in [1.807, 2.05) is 60.7 Å². The van der Waals surface area contributed by atoms with Gasteiger partial charge in [0.2, 0.25) is 5.89 Å². The molecule has 3 nitrogen and oxygen atoms in total. The summed E-state index contributed by atoms with van der Waals surface area (Å²) in [6, 6.07) is 20.2. The maximum Gasteiger partial charge on any atom is 0.227 e. The predicted octanol–water partition coefficient (Wildman–Crippen LogP) is 6.33. The Morgan fingerprint density at radius 2 is 1.78 bits per heavy atom. The van der Waals surface area contributed by atoms with Crippen molar-refractivity contribution in [3.63, 3.8) is 0 Å². The molecule has 0 aliphatic carbocycles. The van der Waals surface area contributed by atoms with E-state index < -0.39 is 13.7 Å². The quantitative estimate of drug-likeness (QED) is 0.371. The molecular weight excluding hydrogens is 332 g/mol. The summed E-state index contributed by atoms with van der Waals surface area (Å²) >= 11 is 0. The Kier molecular flexibility index (Phi) is 2.39. The zero-order valence-corrected chi connectivity index (χ0v) is 14.2. The van der Waals surface area contributed by atoms with Gasteiger partial charge in [0.15, 0.2) is 5.58 Å². The molecule has 0 atom stereocenters. The molecule has 3 heteroatoms. The zero-order valence-electron chi connectivity index (χ0n) is 20.2. The topological polar surface area (TPSA) is 38.9 Å². The Labute approximate surface area is 165 Å². The zero-order chi connectivity index (χ0) is 23.4. The molecule has 0 aliphatic heterocycles. The second kappa shape index (κ2) is 6.06. The van der Waals surface area contributed by atoms with Crippen LogP contribution in [0.1, 0.15) is 19.4 Å². The van der Waals surface area contributed by atoms with Gasteiger partial charge in [-0.05, 0) is 54.5 Å². The Bertz CT molecular complexity index is 1490. The highest BCUT2D eigenvalue weighted by molar-refractivity contribution is 6.11. The molecule has 0 saturated carbocycles. The maximum atomic E-state index is 7.87. The average Bonchev–Trinajstić information content (AvgIpc) is 3.22. The third-order valence-corrected chi connectivity index (χ3v) is 4.60. The first-order valence-corrected chi connectivity index (χ1v) is 8.52. The Balaban J connectivity index is 1.78. The molecule has 0 N–H and O–H groups in total. The number of hydrogen-bond donors (Lipinski definition) is 0. The van der Waals surface area contributed by atoms with Crippen LogP contribution in [0.4, 0.5) is 0 Å². The molecular formula is C24H18N2O. The molecule has 2 heterocycles. The summed E-state index contributed by atoms with van der Waals surface area (Å²) in [5, 5.41) is 1.60. The first-order chi connectivity index (χ1) is 15.6. The lowest BCUT2D eigenvalue weighted by atomic mass is 9.99. The number of aromatic nitrogens is 2. The number of nitrogens with zero attached hydrogens (tertiary/aromatic N) is 2. The SMILES string of the molecule is [2H]C([2H])([2H])c1cnc(-c2cccc3ccc4nc(-c5ccccc5)oc4c23)cc1C([2H])([2H])[2H]. The number of benzene rings is 3. The third-order valence-electron chi connectivity index (χ3n) is 4.60. The molecule has 0 amide bonds. The summed E-state index contributed by atoms with van der Waals surface area (Å²) in [4.78, 5) is 8.96. The van der Waals surface area contributed by atoms with Crippen LogP contribution >= 0.6 is 0 Å². The molecule has 0 aliphatic rings. The van der Waals surface area contributed by atoms with Crippen molar-refractivity contribution in [2.45, 2.75) is 13.7 Å². The van der Waals surface area contributed by atoms with Gasteiger partial charge in [0.05, 0.1) is 5.69 Å². The molecule has 2 aromatic heterocycles. The van der Waals surface area contributed by atoms with Crippen LogP contribution in [0.25, 0.3) is 44.6 Å². The lowest BCUT2D eigenvalue weighted by Gasteiger charge is -2.08. The number of oxazole rings is 1. The summed E-state index contributed by atoms with van der Waals surface area (Å²) in [6.45, 7) is -5.19. The fourth-order valence-corrected chi connectivity index (χ4v) is 3.28. The van der Waals surface area contributed by atoms with Gasteiger partial charge in [0.25, 0.3) is 0 Å². The van der Waals surface area contributed by atoms with E-state index in [-0.39, 0.29) is 11.1 Å². The summed E-state index contributed by atoms with van der Waals surface area (Å²) in [5.41, 5.74) is 2.52. The van der Waals surface area contributed by atoms with Crippen LogP contribution < -0.4 is 0 Å². The standard InChI is InChI=1S/C24H18N2O/c1-15-13-21(25-14-16(15)2)19-10-6-9-17-11-12-20-23(22(17)19)27-24(26-20)18-7-4-3-5-8-18/h3-14H,1-2H3/i1D3,2D3. The van der Waals surface area contributed by atoms with Gasteiger partial charge < -0.3 is 4.42 Å². The van der Waals surface area contributed by atoms with Gasteiger partial charge in [-0.3, -0.25) is 4.98 Å². The van der Waals surface area contributed by atoms with Crippen LogP contribution in [0.15, 0.2) is 77.3 Å². The van der Waals surface area contributed by atoms with Gasteiger partial charge in [-0.1, -0.05) is 42.5 Å². The molecule has 27 heavy (non-hydrogen) atoms. The Morgan fingerprint density at radius 1 is 0.889 bits per heavy atom.